The van der Waals surface area contributed by atoms with Gasteiger partial charge in [-0.25, -0.2) is 9.97 Å². The molecule has 9 heteroatoms. The van der Waals surface area contributed by atoms with Crippen molar-refractivity contribution in [2.75, 3.05) is 12.4 Å². The van der Waals surface area contributed by atoms with Gasteiger partial charge in [-0.1, -0.05) is 12.1 Å². The molecule has 0 saturated carbocycles. The lowest BCUT2D eigenvalue weighted by Gasteiger charge is -2.07. The van der Waals surface area contributed by atoms with Gasteiger partial charge in [0.1, 0.15) is 22.8 Å². The predicted octanol–water partition coefficient (Wildman–Crippen LogP) is 2.32. The zero-order chi connectivity index (χ0) is 19.0. The first-order valence-electron chi connectivity index (χ1n) is 8.23. The van der Waals surface area contributed by atoms with Crippen LogP contribution in [0.15, 0.2) is 36.5 Å². The maximum absolute atomic E-state index is 12.6. The molecule has 0 atom stereocenters. The van der Waals surface area contributed by atoms with E-state index in [-0.39, 0.29) is 11.6 Å². The van der Waals surface area contributed by atoms with Crippen LogP contribution in [-0.4, -0.2) is 43.0 Å². The summed E-state index contributed by atoms with van der Waals surface area (Å²) in [6, 6.07) is 9.28. The van der Waals surface area contributed by atoms with Crippen molar-refractivity contribution < 1.29 is 9.53 Å². The number of ether oxygens (including phenoxy) is 1. The van der Waals surface area contributed by atoms with E-state index in [0.717, 1.165) is 11.3 Å². The molecule has 4 rings (SSSR count). The number of amides is 1. The number of H-pyrrole nitrogens is 1. The topological polar surface area (TPSA) is 111 Å². The number of methoxy groups -OCH3 is 1. The van der Waals surface area contributed by atoms with E-state index in [1.807, 2.05) is 31.2 Å². The highest BCUT2D eigenvalue weighted by Crippen LogP contribution is 2.31. The number of carbonyl (C=O) groups excluding carboxylic acids is 1. The number of anilines is 1. The number of nitrogens with zero attached hydrogens (tertiary/aromatic N) is 5. The monoisotopic (exact) mass is 363 g/mol. The molecule has 0 saturated heterocycles. The number of aromatic nitrogens is 6. The Kier molecular flexibility index (Phi) is 4.03. The van der Waals surface area contributed by atoms with E-state index in [2.05, 4.69) is 30.6 Å². The normalized spacial score (nSPS) is 10.9. The molecule has 0 bridgehead atoms. The van der Waals surface area contributed by atoms with E-state index in [4.69, 9.17) is 4.74 Å². The standard InChI is InChI=1S/C18H17N7O2/c1-10-8-14(25(2)24-10)21-18(26)12-9-19-17-16(20-12)15(22-23-17)11-6-4-5-7-13(11)27-3/h4-9H,1-3H3,(H,21,26)(H,19,22,23). The molecule has 1 aromatic carbocycles. The second kappa shape index (κ2) is 6.52. The third-order valence-electron chi connectivity index (χ3n) is 4.12. The minimum Gasteiger partial charge on any atom is -0.496 e. The number of aryl methyl sites for hydroxylation is 2. The number of benzene rings is 1. The maximum Gasteiger partial charge on any atom is 0.277 e. The van der Waals surface area contributed by atoms with Crippen LogP contribution in [0.5, 0.6) is 5.75 Å². The molecule has 1 amide bonds. The Balaban J connectivity index is 1.73. The Morgan fingerprint density at radius 3 is 2.85 bits per heavy atom. The predicted molar refractivity (Wildman–Crippen MR) is 99.6 cm³/mol. The zero-order valence-electron chi connectivity index (χ0n) is 15.0. The van der Waals surface area contributed by atoms with E-state index in [9.17, 15) is 4.79 Å². The summed E-state index contributed by atoms with van der Waals surface area (Å²) in [6.07, 6.45) is 1.40. The van der Waals surface area contributed by atoms with Crippen molar-refractivity contribution in [2.45, 2.75) is 6.92 Å². The van der Waals surface area contributed by atoms with Crippen LogP contribution in [0.2, 0.25) is 0 Å². The van der Waals surface area contributed by atoms with Crippen LogP contribution in [0, 0.1) is 6.92 Å². The quantitative estimate of drug-likeness (QED) is 0.576. The number of fused-ring (bicyclic) bond motifs is 1. The lowest BCUT2D eigenvalue weighted by Crippen LogP contribution is -2.16. The van der Waals surface area contributed by atoms with Crippen LogP contribution < -0.4 is 10.1 Å². The highest BCUT2D eigenvalue weighted by Gasteiger charge is 2.18. The van der Waals surface area contributed by atoms with Crippen molar-refractivity contribution in [3.63, 3.8) is 0 Å². The summed E-state index contributed by atoms with van der Waals surface area (Å²) in [6.45, 7) is 1.85. The SMILES string of the molecule is COc1ccccc1-c1[nH]nc2ncc(C(=O)Nc3cc(C)nn3C)nc12. The van der Waals surface area contributed by atoms with Gasteiger partial charge >= 0.3 is 0 Å². The summed E-state index contributed by atoms with van der Waals surface area (Å²) in [5.74, 6) is 0.876. The average molecular weight is 363 g/mol. The van der Waals surface area contributed by atoms with Crippen LogP contribution in [-0.2, 0) is 7.05 Å². The van der Waals surface area contributed by atoms with Gasteiger partial charge in [-0.2, -0.15) is 10.2 Å². The Labute approximate surface area is 154 Å². The smallest absolute Gasteiger partial charge is 0.277 e. The Hall–Kier alpha value is -3.75. The number of aromatic amines is 1. The molecule has 0 unspecified atom stereocenters. The first kappa shape index (κ1) is 16.7. The molecule has 0 radical (unpaired) electrons. The van der Waals surface area contributed by atoms with Crippen LogP contribution in [0.4, 0.5) is 5.82 Å². The lowest BCUT2D eigenvalue weighted by molar-refractivity contribution is 0.102. The molecule has 0 aliphatic heterocycles. The fraction of sp³-hybridized carbons (Fsp3) is 0.167. The van der Waals surface area contributed by atoms with Crippen molar-refractivity contribution in [3.8, 4) is 17.0 Å². The minimum atomic E-state index is -0.375. The fourth-order valence-electron chi connectivity index (χ4n) is 2.85. The van der Waals surface area contributed by atoms with Crippen LogP contribution in [0.25, 0.3) is 22.4 Å². The Morgan fingerprint density at radius 2 is 2.11 bits per heavy atom. The summed E-state index contributed by atoms with van der Waals surface area (Å²) in [7, 11) is 3.35. The van der Waals surface area contributed by atoms with Crippen molar-refractivity contribution in [2.24, 2.45) is 7.05 Å². The minimum absolute atomic E-state index is 0.180. The number of hydrogen-bond acceptors (Lipinski definition) is 6. The van der Waals surface area contributed by atoms with Gasteiger partial charge in [0.15, 0.2) is 5.65 Å². The molecule has 0 spiro atoms. The third kappa shape index (κ3) is 2.99. The van der Waals surface area contributed by atoms with Gasteiger partial charge in [0.05, 0.1) is 24.7 Å². The van der Waals surface area contributed by atoms with Crippen molar-refractivity contribution in [1.82, 2.24) is 29.9 Å². The molecule has 4 aromatic rings. The summed E-state index contributed by atoms with van der Waals surface area (Å²) in [5, 5.41) is 14.1. The molecule has 0 aliphatic carbocycles. The Bertz CT molecular complexity index is 1150. The molecule has 2 N–H and O–H groups in total. The van der Waals surface area contributed by atoms with Crippen molar-refractivity contribution >= 4 is 22.9 Å². The van der Waals surface area contributed by atoms with E-state index < -0.39 is 0 Å². The van der Waals surface area contributed by atoms with Crippen LogP contribution in [0.1, 0.15) is 16.2 Å². The average Bonchev–Trinajstić information content (AvgIpc) is 3.23. The van der Waals surface area contributed by atoms with Gasteiger partial charge in [-0.3, -0.25) is 14.6 Å². The maximum atomic E-state index is 12.6. The highest BCUT2D eigenvalue weighted by atomic mass is 16.5. The largest absolute Gasteiger partial charge is 0.496 e. The highest BCUT2D eigenvalue weighted by molar-refractivity contribution is 6.03. The number of carbonyl (C=O) groups is 1. The second-order valence-electron chi connectivity index (χ2n) is 5.98. The summed E-state index contributed by atoms with van der Waals surface area (Å²) in [4.78, 5) is 21.3. The first-order valence-corrected chi connectivity index (χ1v) is 8.23. The third-order valence-corrected chi connectivity index (χ3v) is 4.12. The number of nitrogens with one attached hydrogen (secondary N) is 2. The molecule has 0 fully saturated rings. The molecule has 27 heavy (non-hydrogen) atoms. The van der Waals surface area contributed by atoms with Gasteiger partial charge < -0.3 is 10.1 Å². The van der Waals surface area contributed by atoms with Gasteiger partial charge in [0.2, 0.25) is 0 Å². The molecule has 3 aromatic heterocycles. The molecular formula is C18H17N7O2. The zero-order valence-corrected chi connectivity index (χ0v) is 15.0. The number of para-hydroxylation sites is 1. The van der Waals surface area contributed by atoms with E-state index in [1.54, 1.807) is 24.9 Å². The number of rotatable bonds is 4. The number of hydrogen-bond donors (Lipinski definition) is 2. The van der Waals surface area contributed by atoms with Gasteiger partial charge in [0.25, 0.3) is 5.91 Å². The summed E-state index contributed by atoms with van der Waals surface area (Å²) in [5.41, 5.74) is 3.33. The lowest BCUT2D eigenvalue weighted by atomic mass is 10.1. The van der Waals surface area contributed by atoms with Crippen molar-refractivity contribution in [3.05, 3.63) is 47.9 Å². The van der Waals surface area contributed by atoms with Crippen molar-refractivity contribution in [1.29, 1.82) is 0 Å². The molecule has 136 valence electrons. The van der Waals surface area contributed by atoms with E-state index >= 15 is 0 Å². The van der Waals surface area contributed by atoms with E-state index in [1.165, 1.54) is 6.20 Å². The van der Waals surface area contributed by atoms with Crippen LogP contribution >= 0.6 is 0 Å². The molecule has 9 nitrogen and oxygen atoms in total. The molecule has 3 heterocycles. The second-order valence-corrected chi connectivity index (χ2v) is 5.98. The molecule has 0 aliphatic rings. The van der Waals surface area contributed by atoms with E-state index in [0.29, 0.717) is 28.4 Å². The summed E-state index contributed by atoms with van der Waals surface area (Å²) < 4.78 is 7.00. The van der Waals surface area contributed by atoms with Gasteiger partial charge in [-0.15, -0.1) is 0 Å². The first-order chi connectivity index (χ1) is 13.1. The summed E-state index contributed by atoms with van der Waals surface area (Å²) >= 11 is 0. The van der Waals surface area contributed by atoms with Crippen LogP contribution in [0.3, 0.4) is 0 Å². The van der Waals surface area contributed by atoms with Gasteiger partial charge in [0, 0.05) is 18.7 Å². The fourth-order valence-corrected chi connectivity index (χ4v) is 2.85. The Morgan fingerprint density at radius 1 is 1.30 bits per heavy atom. The van der Waals surface area contributed by atoms with Gasteiger partial charge in [-0.05, 0) is 19.1 Å². The molecular weight excluding hydrogens is 346 g/mol.